The predicted octanol–water partition coefficient (Wildman–Crippen LogP) is 3.58. The molecular weight excluding hydrogens is 332 g/mol. The highest BCUT2D eigenvalue weighted by atomic mass is 35.5. The zero-order valence-electron chi connectivity index (χ0n) is 14.6. The molecule has 2 aromatic carbocycles. The van der Waals surface area contributed by atoms with Gasteiger partial charge < -0.3 is 10.8 Å². The van der Waals surface area contributed by atoms with Crippen LogP contribution in [0.25, 0.3) is 0 Å². The Hall–Kier alpha value is -1.39. The Kier molecular flexibility index (Phi) is 6.13. The van der Waals surface area contributed by atoms with Crippen LogP contribution in [0.3, 0.4) is 0 Å². The molecule has 1 unspecified atom stereocenters. The Bertz CT molecular complexity index is 651. The van der Waals surface area contributed by atoms with Crippen LogP contribution in [0.4, 0.5) is 0 Å². The third kappa shape index (κ3) is 4.62. The summed E-state index contributed by atoms with van der Waals surface area (Å²) in [5.74, 6) is 0. The first-order valence-corrected chi connectivity index (χ1v) is 9.45. The third-order valence-electron chi connectivity index (χ3n) is 5.34. The molecule has 1 aliphatic heterocycles. The summed E-state index contributed by atoms with van der Waals surface area (Å²) in [6.45, 7) is 2.46. The number of likely N-dealkylation sites (tertiary alicyclic amines) is 1. The van der Waals surface area contributed by atoms with E-state index in [0.717, 1.165) is 44.3 Å². The molecule has 0 aliphatic carbocycles. The predicted molar refractivity (Wildman–Crippen MR) is 104 cm³/mol. The summed E-state index contributed by atoms with van der Waals surface area (Å²) in [6, 6.07) is 18.6. The van der Waals surface area contributed by atoms with E-state index < -0.39 is 5.60 Å². The lowest BCUT2D eigenvalue weighted by atomic mass is 9.83. The first-order chi connectivity index (χ1) is 12.1. The summed E-state index contributed by atoms with van der Waals surface area (Å²) >= 11 is 5.97. The summed E-state index contributed by atoms with van der Waals surface area (Å²) in [7, 11) is 0. The van der Waals surface area contributed by atoms with Gasteiger partial charge in [-0.25, -0.2) is 0 Å². The van der Waals surface area contributed by atoms with Gasteiger partial charge in [0.15, 0.2) is 0 Å². The molecule has 0 bridgehead atoms. The van der Waals surface area contributed by atoms with Gasteiger partial charge in [0, 0.05) is 24.2 Å². The Morgan fingerprint density at radius 3 is 2.28 bits per heavy atom. The molecule has 0 aromatic heterocycles. The quantitative estimate of drug-likeness (QED) is 0.829. The minimum absolute atomic E-state index is 0.433. The van der Waals surface area contributed by atoms with Crippen molar-refractivity contribution in [2.75, 3.05) is 19.6 Å². The second kappa shape index (κ2) is 8.33. The van der Waals surface area contributed by atoms with E-state index in [-0.39, 0.29) is 0 Å². The molecule has 25 heavy (non-hydrogen) atoms. The highest BCUT2D eigenvalue weighted by Crippen LogP contribution is 2.34. The number of rotatable bonds is 6. The number of piperidine rings is 1. The number of nitrogens with two attached hydrogens (primary N) is 1. The average Bonchev–Trinajstić information content (AvgIpc) is 2.63. The number of aliphatic hydroxyl groups is 1. The number of nitrogens with zero attached hydrogens (tertiary/aromatic N) is 1. The van der Waals surface area contributed by atoms with Crippen LogP contribution in [0, 0.1) is 0 Å². The first-order valence-electron chi connectivity index (χ1n) is 9.07. The number of hydrogen-bond acceptors (Lipinski definition) is 3. The lowest BCUT2D eigenvalue weighted by Gasteiger charge is -2.42. The molecule has 0 radical (unpaired) electrons. The van der Waals surface area contributed by atoms with E-state index in [0.29, 0.717) is 17.6 Å². The summed E-state index contributed by atoms with van der Waals surface area (Å²) in [4.78, 5) is 2.49. The highest BCUT2D eigenvalue weighted by molar-refractivity contribution is 6.30. The van der Waals surface area contributed by atoms with Crippen molar-refractivity contribution in [3.8, 4) is 0 Å². The van der Waals surface area contributed by atoms with Crippen LogP contribution < -0.4 is 5.73 Å². The van der Waals surface area contributed by atoms with Crippen LogP contribution in [0.1, 0.15) is 30.4 Å². The maximum Gasteiger partial charge on any atom is 0.0920 e. The van der Waals surface area contributed by atoms with Crippen molar-refractivity contribution in [3.63, 3.8) is 0 Å². The standard InChI is InChI=1S/C21H27ClN2O/c22-19-8-6-18(7-9-19)21(25)11-14-24(15-12-21)20(10-13-23)16-17-4-2-1-3-5-17/h1-9,20,25H,10-16,23H2. The van der Waals surface area contributed by atoms with Gasteiger partial charge in [0.05, 0.1) is 5.60 Å². The van der Waals surface area contributed by atoms with Crippen molar-refractivity contribution in [3.05, 3.63) is 70.7 Å². The van der Waals surface area contributed by atoms with Crippen LogP contribution in [0.5, 0.6) is 0 Å². The molecule has 1 aliphatic rings. The molecule has 3 N–H and O–H groups in total. The van der Waals surface area contributed by atoms with E-state index in [1.54, 1.807) is 0 Å². The average molecular weight is 359 g/mol. The number of halogens is 1. The van der Waals surface area contributed by atoms with E-state index in [1.807, 2.05) is 24.3 Å². The lowest BCUT2D eigenvalue weighted by molar-refractivity contribution is -0.0362. The molecule has 0 amide bonds. The zero-order valence-corrected chi connectivity index (χ0v) is 15.3. The van der Waals surface area contributed by atoms with E-state index in [4.69, 9.17) is 17.3 Å². The maximum atomic E-state index is 11.1. The van der Waals surface area contributed by atoms with Crippen LogP contribution in [0.15, 0.2) is 54.6 Å². The fraction of sp³-hybridized carbons (Fsp3) is 0.429. The zero-order chi connectivity index (χ0) is 17.7. The van der Waals surface area contributed by atoms with E-state index >= 15 is 0 Å². The molecule has 0 saturated carbocycles. The van der Waals surface area contributed by atoms with Crippen LogP contribution >= 0.6 is 11.6 Å². The minimum Gasteiger partial charge on any atom is -0.385 e. The molecule has 3 nitrogen and oxygen atoms in total. The molecule has 1 atom stereocenters. The van der Waals surface area contributed by atoms with E-state index in [1.165, 1.54) is 5.56 Å². The SMILES string of the molecule is NCCC(Cc1ccccc1)N1CCC(O)(c2ccc(Cl)cc2)CC1. The van der Waals surface area contributed by atoms with E-state index in [9.17, 15) is 5.11 Å². The summed E-state index contributed by atoms with van der Waals surface area (Å²) in [5.41, 5.74) is 7.43. The second-order valence-electron chi connectivity index (χ2n) is 7.00. The summed E-state index contributed by atoms with van der Waals surface area (Å²) in [6.07, 6.45) is 3.47. The van der Waals surface area contributed by atoms with Gasteiger partial charge in [-0.05, 0) is 55.5 Å². The normalized spacial score (nSPS) is 18.8. The van der Waals surface area contributed by atoms with Crippen molar-refractivity contribution in [2.24, 2.45) is 5.73 Å². The fourth-order valence-electron chi connectivity index (χ4n) is 3.80. The van der Waals surface area contributed by atoms with Gasteiger partial charge >= 0.3 is 0 Å². The maximum absolute atomic E-state index is 11.1. The van der Waals surface area contributed by atoms with Crippen LogP contribution in [-0.2, 0) is 12.0 Å². The van der Waals surface area contributed by atoms with Gasteiger partial charge in [-0.1, -0.05) is 54.1 Å². The number of benzene rings is 2. The van der Waals surface area contributed by atoms with Crippen molar-refractivity contribution >= 4 is 11.6 Å². The van der Waals surface area contributed by atoms with Crippen molar-refractivity contribution < 1.29 is 5.11 Å². The van der Waals surface area contributed by atoms with E-state index in [2.05, 4.69) is 35.2 Å². The number of hydrogen-bond donors (Lipinski definition) is 2. The van der Waals surface area contributed by atoms with Gasteiger partial charge in [-0.2, -0.15) is 0 Å². The lowest BCUT2D eigenvalue weighted by Crippen LogP contribution is -2.48. The molecule has 3 rings (SSSR count). The molecule has 134 valence electrons. The van der Waals surface area contributed by atoms with Crippen molar-refractivity contribution in [1.29, 1.82) is 0 Å². The molecule has 0 spiro atoms. The Balaban J connectivity index is 1.65. The Morgan fingerprint density at radius 1 is 1.04 bits per heavy atom. The molecule has 1 heterocycles. The highest BCUT2D eigenvalue weighted by Gasteiger charge is 2.35. The molecule has 4 heteroatoms. The minimum atomic E-state index is -0.749. The molecule has 2 aromatic rings. The van der Waals surface area contributed by atoms with Gasteiger partial charge in [-0.3, -0.25) is 4.90 Å². The molecule has 1 fully saturated rings. The van der Waals surface area contributed by atoms with Crippen molar-refractivity contribution in [1.82, 2.24) is 4.90 Å². The topological polar surface area (TPSA) is 49.5 Å². The summed E-state index contributed by atoms with van der Waals surface area (Å²) < 4.78 is 0. The van der Waals surface area contributed by atoms with Gasteiger partial charge in [-0.15, -0.1) is 0 Å². The first kappa shape index (κ1) is 18.4. The Labute approximate surface area is 155 Å². The fourth-order valence-corrected chi connectivity index (χ4v) is 3.93. The monoisotopic (exact) mass is 358 g/mol. The van der Waals surface area contributed by atoms with Gasteiger partial charge in [0.1, 0.15) is 0 Å². The smallest absolute Gasteiger partial charge is 0.0920 e. The summed E-state index contributed by atoms with van der Waals surface area (Å²) in [5, 5.41) is 11.8. The van der Waals surface area contributed by atoms with Gasteiger partial charge in [0.2, 0.25) is 0 Å². The second-order valence-corrected chi connectivity index (χ2v) is 7.43. The molecule has 1 saturated heterocycles. The van der Waals surface area contributed by atoms with Crippen LogP contribution in [0.2, 0.25) is 5.02 Å². The van der Waals surface area contributed by atoms with Crippen LogP contribution in [-0.4, -0.2) is 35.7 Å². The van der Waals surface area contributed by atoms with Gasteiger partial charge in [0.25, 0.3) is 0 Å². The van der Waals surface area contributed by atoms with Crippen molar-refractivity contribution in [2.45, 2.75) is 37.3 Å². The molecular formula is C21H27ClN2O. The Morgan fingerprint density at radius 2 is 1.68 bits per heavy atom. The largest absolute Gasteiger partial charge is 0.385 e. The third-order valence-corrected chi connectivity index (χ3v) is 5.59.